The maximum Gasteiger partial charge on any atom is 0.232 e. The van der Waals surface area contributed by atoms with Crippen LogP contribution < -0.4 is 19.9 Å². The van der Waals surface area contributed by atoms with Gasteiger partial charge in [0.2, 0.25) is 5.91 Å². The number of nitrogens with one attached hydrogen (secondary N) is 1. The van der Waals surface area contributed by atoms with Crippen LogP contribution in [0.2, 0.25) is 0 Å². The van der Waals surface area contributed by atoms with E-state index in [0.29, 0.717) is 30.2 Å². The molecule has 0 aliphatic heterocycles. The molecule has 8 heteroatoms. The summed E-state index contributed by atoms with van der Waals surface area (Å²) in [6.45, 7) is 2.39. The Balaban J connectivity index is 1.84. The summed E-state index contributed by atoms with van der Waals surface area (Å²) in [7, 11) is 1.60. The highest BCUT2D eigenvalue weighted by Gasteiger charge is 2.22. The summed E-state index contributed by atoms with van der Waals surface area (Å²) in [4.78, 5) is 13.0. The van der Waals surface area contributed by atoms with E-state index in [4.69, 9.17) is 9.47 Å². The van der Waals surface area contributed by atoms with Gasteiger partial charge in [0.15, 0.2) is 0 Å². The number of ether oxygens (including phenoxy) is 2. The predicted molar refractivity (Wildman–Crippen MR) is 98.8 cm³/mol. The number of tetrazole rings is 1. The van der Waals surface area contributed by atoms with Gasteiger partial charge in [0.25, 0.3) is 0 Å². The molecule has 1 amide bonds. The first-order chi connectivity index (χ1) is 13.2. The third-order valence-electron chi connectivity index (χ3n) is 3.98. The average molecular weight is 366 g/mol. The van der Waals surface area contributed by atoms with Gasteiger partial charge in [-0.1, -0.05) is 24.3 Å². The van der Waals surface area contributed by atoms with Crippen LogP contribution in [0.3, 0.4) is 0 Å². The van der Waals surface area contributed by atoms with Gasteiger partial charge in [0, 0.05) is 5.82 Å². The zero-order chi connectivity index (χ0) is 19.1. The summed E-state index contributed by atoms with van der Waals surface area (Å²) < 4.78 is 10.8. The molecule has 3 aromatic rings. The fourth-order valence-corrected chi connectivity index (χ4v) is 2.70. The Morgan fingerprint density at radius 3 is 2.81 bits per heavy atom. The number of hydrogen-bond donors (Lipinski definition) is 1. The van der Waals surface area contributed by atoms with Crippen molar-refractivity contribution in [1.82, 2.24) is 20.6 Å². The molecule has 1 heterocycles. The second-order valence-corrected chi connectivity index (χ2v) is 5.76. The zero-order valence-corrected chi connectivity index (χ0v) is 15.1. The number of carbonyl (C=O) groups excluding carboxylic acids is 1. The van der Waals surface area contributed by atoms with E-state index in [1.807, 2.05) is 43.3 Å². The van der Waals surface area contributed by atoms with Crippen molar-refractivity contribution in [2.75, 3.05) is 19.0 Å². The van der Waals surface area contributed by atoms with Crippen molar-refractivity contribution in [3.8, 4) is 11.5 Å². The van der Waals surface area contributed by atoms with Crippen LogP contribution in [-0.2, 0) is 11.2 Å². The lowest BCUT2D eigenvalue weighted by Crippen LogP contribution is -2.25. The molecule has 0 saturated heterocycles. The Hall–Kier alpha value is -3.42. The van der Waals surface area contributed by atoms with Crippen LogP contribution in [-0.4, -0.2) is 35.1 Å². The number of para-hydroxylation sites is 2. The van der Waals surface area contributed by atoms with Crippen molar-refractivity contribution in [3.63, 3.8) is 0 Å². The second-order valence-electron chi connectivity index (χ2n) is 5.76. The normalized spacial score (nSPS) is 11.6. The van der Waals surface area contributed by atoms with Crippen LogP contribution in [0, 0.1) is 0 Å². The summed E-state index contributed by atoms with van der Waals surface area (Å²) >= 11 is 0. The Labute approximate surface area is 156 Å². The number of carbonyl (C=O) groups is 1. The van der Waals surface area contributed by atoms with E-state index < -0.39 is 5.92 Å². The van der Waals surface area contributed by atoms with E-state index in [-0.39, 0.29) is 11.7 Å². The molecule has 3 rings (SSSR count). The van der Waals surface area contributed by atoms with Crippen molar-refractivity contribution in [1.29, 1.82) is 0 Å². The largest absolute Gasteiger partial charge is 0.497 e. The van der Waals surface area contributed by atoms with Gasteiger partial charge in [-0.15, -0.1) is 0 Å². The molecule has 27 heavy (non-hydrogen) atoms. The summed E-state index contributed by atoms with van der Waals surface area (Å²) in [6, 6.07) is 14.8. The van der Waals surface area contributed by atoms with Crippen LogP contribution in [0.25, 0.3) is 0 Å². The van der Waals surface area contributed by atoms with E-state index in [0.717, 1.165) is 5.56 Å². The highest BCUT2D eigenvalue weighted by molar-refractivity contribution is 5.96. The minimum Gasteiger partial charge on any atom is -0.497 e. The molecule has 0 bridgehead atoms. The zero-order valence-electron chi connectivity index (χ0n) is 15.1. The lowest BCUT2D eigenvalue weighted by molar-refractivity contribution is -0.117. The number of benzene rings is 2. The van der Waals surface area contributed by atoms with Crippen LogP contribution in [0.5, 0.6) is 11.5 Å². The fourth-order valence-electron chi connectivity index (χ4n) is 2.70. The van der Waals surface area contributed by atoms with Crippen molar-refractivity contribution in [2.24, 2.45) is 0 Å². The number of methoxy groups -OCH3 is 1. The minimum absolute atomic E-state index is 0.264. The molecule has 0 unspecified atom stereocenters. The molecule has 140 valence electrons. The van der Waals surface area contributed by atoms with E-state index in [2.05, 4.69) is 25.9 Å². The fraction of sp³-hybridized carbons (Fsp3) is 0.263. The molecule has 1 atom stereocenters. The quantitative estimate of drug-likeness (QED) is 0.652. The number of aromatic nitrogens is 4. The van der Waals surface area contributed by atoms with Gasteiger partial charge in [-0.25, -0.2) is 0 Å². The van der Waals surface area contributed by atoms with Crippen molar-refractivity contribution < 1.29 is 14.3 Å². The summed E-state index contributed by atoms with van der Waals surface area (Å²) in [5.74, 6) is 0.673. The number of amides is 1. The predicted octanol–water partition coefficient (Wildman–Crippen LogP) is 2.20. The van der Waals surface area contributed by atoms with Gasteiger partial charge >= 0.3 is 0 Å². The molecule has 1 N–H and O–H groups in total. The monoisotopic (exact) mass is 366 g/mol. The molecule has 0 radical (unpaired) electrons. The van der Waals surface area contributed by atoms with Gasteiger partial charge < -0.3 is 19.9 Å². The average Bonchev–Trinajstić information content (AvgIpc) is 3.22. The van der Waals surface area contributed by atoms with Crippen molar-refractivity contribution in [3.05, 3.63) is 59.9 Å². The Bertz CT molecular complexity index is 883. The van der Waals surface area contributed by atoms with E-state index in [1.165, 1.54) is 0 Å². The lowest BCUT2D eigenvalue weighted by Gasteiger charge is -2.18. The molecular formula is C19H20N5O3-. The second kappa shape index (κ2) is 8.79. The molecule has 0 saturated carbocycles. The van der Waals surface area contributed by atoms with Crippen LogP contribution in [0.15, 0.2) is 48.5 Å². The first-order valence-corrected chi connectivity index (χ1v) is 8.55. The van der Waals surface area contributed by atoms with Crippen LogP contribution in [0.1, 0.15) is 24.2 Å². The molecule has 0 fully saturated rings. The highest BCUT2D eigenvalue weighted by atomic mass is 16.5. The smallest absolute Gasteiger partial charge is 0.232 e. The van der Waals surface area contributed by atoms with E-state index in [9.17, 15) is 4.79 Å². The van der Waals surface area contributed by atoms with Gasteiger partial charge in [-0.2, -0.15) is 5.21 Å². The Morgan fingerprint density at radius 1 is 1.22 bits per heavy atom. The van der Waals surface area contributed by atoms with E-state index in [1.54, 1.807) is 19.2 Å². The molecule has 1 aromatic heterocycles. The Morgan fingerprint density at radius 2 is 2.07 bits per heavy atom. The first kappa shape index (κ1) is 18.4. The molecule has 0 spiro atoms. The van der Waals surface area contributed by atoms with Crippen LogP contribution in [0.4, 0.5) is 5.69 Å². The Kier molecular flexibility index (Phi) is 5.98. The lowest BCUT2D eigenvalue weighted by atomic mass is 9.97. The molecular weight excluding hydrogens is 346 g/mol. The maximum atomic E-state index is 13.0. The summed E-state index contributed by atoms with van der Waals surface area (Å²) in [5, 5.41) is 17.7. The summed E-state index contributed by atoms with van der Waals surface area (Å²) in [6.07, 6.45) is 0.382. The minimum atomic E-state index is -0.651. The van der Waals surface area contributed by atoms with Crippen LogP contribution >= 0.6 is 0 Å². The number of rotatable bonds is 8. The number of anilines is 1. The van der Waals surface area contributed by atoms with Gasteiger partial charge in [0.05, 0.1) is 25.3 Å². The van der Waals surface area contributed by atoms with E-state index >= 15 is 0 Å². The highest BCUT2D eigenvalue weighted by Crippen LogP contribution is 2.27. The summed E-state index contributed by atoms with van der Waals surface area (Å²) in [5.41, 5.74) is 1.50. The maximum absolute atomic E-state index is 13.0. The third-order valence-corrected chi connectivity index (χ3v) is 3.98. The standard InChI is InChI=1S/C19H21N5O3/c1-3-27-17-10-5-4-9-16(17)20-19(25)15(18-21-23-24-22-18)12-13-7-6-8-14(11-13)26-2/h4-11,15H,3,12H2,1-2H3,(H2,20,21,22,23,24,25)/p-1/t15-/m0/s1. The van der Waals surface area contributed by atoms with Gasteiger partial charge in [-0.3, -0.25) is 15.1 Å². The first-order valence-electron chi connectivity index (χ1n) is 8.55. The third kappa shape index (κ3) is 4.60. The number of hydrogen-bond acceptors (Lipinski definition) is 6. The van der Waals surface area contributed by atoms with Crippen molar-refractivity contribution >= 4 is 11.6 Å². The molecule has 2 aromatic carbocycles. The molecule has 8 nitrogen and oxygen atoms in total. The van der Waals surface area contributed by atoms with Gasteiger partial charge in [-0.05, 0) is 43.2 Å². The molecule has 0 aliphatic rings. The van der Waals surface area contributed by atoms with Gasteiger partial charge in [0.1, 0.15) is 11.5 Å². The topological polar surface area (TPSA) is 100 Å². The van der Waals surface area contributed by atoms with Crippen molar-refractivity contribution in [2.45, 2.75) is 19.3 Å². The molecule has 0 aliphatic carbocycles. The number of nitrogens with zero attached hydrogens (tertiary/aromatic N) is 4. The SMILES string of the molecule is CCOc1ccccc1NC(=O)[C@@H](Cc1cccc(OC)c1)c1nnn[n-]1.